The number of benzene rings is 3. The van der Waals surface area contributed by atoms with Crippen LogP contribution >= 0.6 is 39.3 Å². The predicted molar refractivity (Wildman–Crippen MR) is 149 cm³/mol. The smallest absolute Gasteiger partial charge is 0.293 e. The summed E-state index contributed by atoms with van der Waals surface area (Å²) in [5.74, 6) is 0.0238. The molecule has 1 fully saturated rings. The fourth-order valence-electron chi connectivity index (χ4n) is 3.59. The maximum absolute atomic E-state index is 12.9. The van der Waals surface area contributed by atoms with E-state index in [1.807, 2.05) is 31.2 Å². The number of rotatable bonds is 8. The molecule has 3 aromatic rings. The molecular weight excluding hydrogens is 580 g/mol. The third kappa shape index (κ3) is 6.74. The molecule has 1 aliphatic heterocycles. The Morgan fingerprint density at radius 3 is 2.65 bits per heavy atom. The predicted octanol–water partition coefficient (Wildman–Crippen LogP) is 6.67. The average molecular weight is 602 g/mol. The number of thioether (sulfide) groups is 1. The standard InChI is InChI=1S/C27H22BrClN2O5S/c1-16-4-3-5-18(10-16)14-31-26(33)24(37-27(31)34)12-17-6-9-22(23(11-17)35-2)36-15-25(32)30-19-7-8-20(28)21(29)13-19/h3-13H,14-15H2,1-2H3,(H,30,32)/b24-12-. The van der Waals surface area contributed by atoms with Crippen LogP contribution in [-0.2, 0) is 16.1 Å². The van der Waals surface area contributed by atoms with Crippen molar-refractivity contribution < 1.29 is 23.9 Å². The third-order valence-corrected chi connectivity index (χ3v) is 7.48. The fourth-order valence-corrected chi connectivity index (χ4v) is 4.85. The highest BCUT2D eigenvalue weighted by atomic mass is 79.9. The second-order valence-corrected chi connectivity index (χ2v) is 10.4. The van der Waals surface area contributed by atoms with E-state index in [2.05, 4.69) is 21.2 Å². The van der Waals surface area contributed by atoms with Crippen LogP contribution in [0.3, 0.4) is 0 Å². The van der Waals surface area contributed by atoms with Crippen LogP contribution in [0.2, 0.25) is 5.02 Å². The first-order valence-corrected chi connectivity index (χ1v) is 13.1. The van der Waals surface area contributed by atoms with E-state index in [1.165, 1.54) is 12.0 Å². The summed E-state index contributed by atoms with van der Waals surface area (Å²) >= 11 is 10.3. The number of nitrogens with one attached hydrogen (secondary N) is 1. The van der Waals surface area contributed by atoms with Gasteiger partial charge in [-0.3, -0.25) is 19.3 Å². The van der Waals surface area contributed by atoms with Gasteiger partial charge >= 0.3 is 0 Å². The molecule has 7 nitrogen and oxygen atoms in total. The van der Waals surface area contributed by atoms with E-state index in [0.717, 1.165) is 27.4 Å². The molecule has 0 unspecified atom stereocenters. The molecule has 3 amide bonds. The molecule has 0 saturated carbocycles. The summed E-state index contributed by atoms with van der Waals surface area (Å²) in [7, 11) is 1.48. The normalized spacial score (nSPS) is 14.3. The molecule has 0 aliphatic carbocycles. The molecule has 1 N–H and O–H groups in total. The number of carbonyl (C=O) groups is 3. The Bertz CT molecular complexity index is 1410. The highest BCUT2D eigenvalue weighted by molar-refractivity contribution is 9.10. The van der Waals surface area contributed by atoms with Crippen LogP contribution < -0.4 is 14.8 Å². The van der Waals surface area contributed by atoms with E-state index >= 15 is 0 Å². The van der Waals surface area contributed by atoms with Crippen LogP contribution in [0.4, 0.5) is 10.5 Å². The minimum atomic E-state index is -0.369. The number of halogens is 2. The average Bonchev–Trinajstić information content (AvgIpc) is 3.12. The van der Waals surface area contributed by atoms with Gasteiger partial charge in [-0.05, 0) is 82.2 Å². The van der Waals surface area contributed by atoms with Crippen molar-refractivity contribution in [3.63, 3.8) is 0 Å². The molecule has 0 bridgehead atoms. The second kappa shape index (κ2) is 11.9. The van der Waals surface area contributed by atoms with Crippen LogP contribution in [0.15, 0.2) is 70.0 Å². The highest BCUT2D eigenvalue weighted by Gasteiger charge is 2.35. The first-order valence-electron chi connectivity index (χ1n) is 11.1. The number of amides is 3. The number of aryl methyl sites for hydroxylation is 1. The lowest BCUT2D eigenvalue weighted by Crippen LogP contribution is -2.27. The lowest BCUT2D eigenvalue weighted by Gasteiger charge is -2.13. The minimum absolute atomic E-state index is 0.217. The quantitative estimate of drug-likeness (QED) is 0.290. The van der Waals surface area contributed by atoms with Gasteiger partial charge in [0.25, 0.3) is 17.1 Å². The van der Waals surface area contributed by atoms with Crippen LogP contribution in [0.1, 0.15) is 16.7 Å². The van der Waals surface area contributed by atoms with Gasteiger partial charge in [-0.1, -0.05) is 47.5 Å². The van der Waals surface area contributed by atoms with Crippen molar-refractivity contribution in [2.75, 3.05) is 19.0 Å². The van der Waals surface area contributed by atoms with Gasteiger partial charge in [0.1, 0.15) is 0 Å². The molecule has 0 spiro atoms. The largest absolute Gasteiger partial charge is 0.493 e. The van der Waals surface area contributed by atoms with Gasteiger partial charge in [0.15, 0.2) is 18.1 Å². The number of carbonyl (C=O) groups excluding carboxylic acids is 3. The topological polar surface area (TPSA) is 84.9 Å². The SMILES string of the molecule is COc1cc(/C=C2\SC(=O)N(Cc3cccc(C)c3)C2=O)ccc1OCC(=O)Nc1ccc(Br)c(Cl)c1. The summed E-state index contributed by atoms with van der Waals surface area (Å²) in [4.78, 5) is 39.3. The Morgan fingerprint density at radius 1 is 1.11 bits per heavy atom. The summed E-state index contributed by atoms with van der Waals surface area (Å²) < 4.78 is 11.8. The van der Waals surface area contributed by atoms with Gasteiger partial charge in [-0.25, -0.2) is 0 Å². The van der Waals surface area contributed by atoms with E-state index < -0.39 is 0 Å². The van der Waals surface area contributed by atoms with Crippen molar-refractivity contribution in [3.05, 3.63) is 91.8 Å². The molecule has 0 aromatic heterocycles. The zero-order valence-corrected chi connectivity index (χ0v) is 23.1. The zero-order valence-electron chi connectivity index (χ0n) is 19.9. The number of imide groups is 1. The first-order chi connectivity index (χ1) is 17.7. The molecule has 37 heavy (non-hydrogen) atoms. The Labute approximate surface area is 231 Å². The number of ether oxygens (including phenoxy) is 2. The number of methoxy groups -OCH3 is 1. The van der Waals surface area contributed by atoms with Gasteiger partial charge in [0.2, 0.25) is 0 Å². The van der Waals surface area contributed by atoms with Gasteiger partial charge < -0.3 is 14.8 Å². The van der Waals surface area contributed by atoms with E-state index in [0.29, 0.717) is 32.7 Å². The van der Waals surface area contributed by atoms with E-state index in [4.69, 9.17) is 21.1 Å². The van der Waals surface area contributed by atoms with Crippen LogP contribution in [0, 0.1) is 6.92 Å². The first kappa shape index (κ1) is 26.8. The molecule has 1 saturated heterocycles. The van der Waals surface area contributed by atoms with Crippen molar-refractivity contribution >= 4 is 68.1 Å². The van der Waals surface area contributed by atoms with Gasteiger partial charge in [-0.15, -0.1) is 0 Å². The Kier molecular flexibility index (Phi) is 8.58. The van der Waals surface area contributed by atoms with E-state index in [9.17, 15) is 14.4 Å². The minimum Gasteiger partial charge on any atom is -0.493 e. The number of hydrogen-bond donors (Lipinski definition) is 1. The highest BCUT2D eigenvalue weighted by Crippen LogP contribution is 2.35. The molecule has 1 aliphatic rings. The molecule has 190 valence electrons. The fraction of sp³-hybridized carbons (Fsp3) is 0.148. The Hall–Kier alpha value is -3.27. The molecule has 0 radical (unpaired) electrons. The van der Waals surface area contributed by atoms with E-state index in [1.54, 1.807) is 42.5 Å². The lowest BCUT2D eigenvalue weighted by atomic mass is 10.1. The van der Waals surface area contributed by atoms with Crippen molar-refractivity contribution in [3.8, 4) is 11.5 Å². The van der Waals surface area contributed by atoms with Gasteiger partial charge in [0, 0.05) is 10.2 Å². The summed E-state index contributed by atoms with van der Waals surface area (Å²) in [6.07, 6.45) is 1.64. The van der Waals surface area contributed by atoms with Crippen LogP contribution in [0.25, 0.3) is 6.08 Å². The molecule has 1 heterocycles. The van der Waals surface area contributed by atoms with Crippen molar-refractivity contribution in [2.24, 2.45) is 0 Å². The number of anilines is 1. The van der Waals surface area contributed by atoms with Gasteiger partial charge in [-0.2, -0.15) is 0 Å². The number of nitrogens with zero attached hydrogens (tertiary/aromatic N) is 1. The molecule has 3 aromatic carbocycles. The molecular formula is C27H22BrClN2O5S. The maximum atomic E-state index is 12.9. The zero-order chi connectivity index (χ0) is 26.5. The molecule has 0 atom stereocenters. The van der Waals surface area contributed by atoms with Crippen LogP contribution in [0.5, 0.6) is 11.5 Å². The van der Waals surface area contributed by atoms with Gasteiger partial charge in [0.05, 0.1) is 23.6 Å². The van der Waals surface area contributed by atoms with Crippen molar-refractivity contribution in [2.45, 2.75) is 13.5 Å². The Morgan fingerprint density at radius 2 is 1.92 bits per heavy atom. The molecule has 4 rings (SSSR count). The molecule has 10 heteroatoms. The van der Waals surface area contributed by atoms with E-state index in [-0.39, 0.29) is 30.2 Å². The van der Waals surface area contributed by atoms with Crippen LogP contribution in [-0.4, -0.2) is 35.7 Å². The summed E-state index contributed by atoms with van der Waals surface area (Å²) in [5.41, 5.74) is 3.14. The Balaban J connectivity index is 1.41. The lowest BCUT2D eigenvalue weighted by molar-refractivity contribution is -0.123. The third-order valence-electron chi connectivity index (χ3n) is 5.34. The van der Waals surface area contributed by atoms with Crippen molar-refractivity contribution in [1.82, 2.24) is 4.90 Å². The summed E-state index contributed by atoms with van der Waals surface area (Å²) in [6.45, 7) is 1.93. The summed E-state index contributed by atoms with van der Waals surface area (Å²) in [5, 5.41) is 2.87. The van der Waals surface area contributed by atoms with Crippen molar-refractivity contribution in [1.29, 1.82) is 0 Å². The summed E-state index contributed by atoms with van der Waals surface area (Å²) in [6, 6.07) is 17.8. The monoisotopic (exact) mass is 600 g/mol. The maximum Gasteiger partial charge on any atom is 0.293 e. The second-order valence-electron chi connectivity index (χ2n) is 8.13. The number of hydrogen-bond acceptors (Lipinski definition) is 6.